The lowest BCUT2D eigenvalue weighted by molar-refractivity contribution is -0.137. The molecule has 1 aliphatic rings. The number of fused-ring (bicyclic) bond motifs is 1. The third kappa shape index (κ3) is 5.74. The Kier molecular flexibility index (Phi) is 8.04. The van der Waals surface area contributed by atoms with Crippen molar-refractivity contribution in [1.82, 2.24) is 0 Å². The number of ketones is 1. The molecule has 32 heavy (non-hydrogen) atoms. The number of rotatable bonds is 10. The molecule has 3 rings (SSSR count). The Balaban J connectivity index is 1.64. The number of unbranched alkanes of at least 4 members (excludes halogenated alkanes) is 1. The summed E-state index contributed by atoms with van der Waals surface area (Å²) in [5, 5.41) is 31.3. The molecule has 172 valence electrons. The van der Waals surface area contributed by atoms with Crippen LogP contribution in [0.2, 0.25) is 0 Å². The fourth-order valence-corrected chi connectivity index (χ4v) is 5.52. The molecule has 2 aromatic rings. The third-order valence-electron chi connectivity index (χ3n) is 6.30. The quantitative estimate of drug-likeness (QED) is 0.354. The summed E-state index contributed by atoms with van der Waals surface area (Å²) in [5.74, 6) is -1.51. The highest BCUT2D eigenvalue weighted by atomic mass is 32.1. The van der Waals surface area contributed by atoms with Crippen LogP contribution in [0.15, 0.2) is 54.6 Å². The summed E-state index contributed by atoms with van der Waals surface area (Å²) in [7, 11) is 0. The number of aliphatic carboxylic acids is 1. The second kappa shape index (κ2) is 10.6. The molecule has 0 aliphatic heterocycles. The zero-order valence-electron chi connectivity index (χ0n) is 18.6. The molecule has 0 bridgehead atoms. The fourth-order valence-electron chi connectivity index (χ4n) is 4.40. The van der Waals surface area contributed by atoms with Gasteiger partial charge < -0.3 is 15.3 Å². The van der Waals surface area contributed by atoms with Gasteiger partial charge in [-0.15, -0.1) is 11.3 Å². The number of allylic oxidation sites excluding steroid dienone is 2. The number of aliphatic hydroxyl groups is 2. The van der Waals surface area contributed by atoms with Crippen molar-refractivity contribution in [2.45, 2.75) is 58.2 Å². The Labute approximate surface area is 193 Å². The lowest BCUT2D eigenvalue weighted by atomic mass is 9.86. The van der Waals surface area contributed by atoms with E-state index in [2.05, 4.69) is 18.2 Å². The van der Waals surface area contributed by atoms with Gasteiger partial charge in [0.2, 0.25) is 0 Å². The van der Waals surface area contributed by atoms with E-state index in [1.165, 1.54) is 4.70 Å². The lowest BCUT2D eigenvalue weighted by Crippen LogP contribution is -2.31. The number of hydrogen-bond donors (Lipinski definition) is 3. The molecule has 1 saturated carbocycles. The first-order valence-electron chi connectivity index (χ1n) is 11.1. The van der Waals surface area contributed by atoms with Crippen LogP contribution < -0.4 is 0 Å². The van der Waals surface area contributed by atoms with Crippen molar-refractivity contribution in [3.63, 3.8) is 0 Å². The van der Waals surface area contributed by atoms with Crippen LogP contribution in [0, 0.1) is 17.3 Å². The summed E-state index contributed by atoms with van der Waals surface area (Å²) in [6.45, 7) is 3.54. The van der Waals surface area contributed by atoms with E-state index in [0.717, 1.165) is 10.3 Å². The summed E-state index contributed by atoms with van der Waals surface area (Å²) in [4.78, 5) is 24.6. The molecular weight excluding hydrogens is 424 g/mol. The maximum absolute atomic E-state index is 12.9. The minimum Gasteiger partial charge on any atom is -0.481 e. The van der Waals surface area contributed by atoms with E-state index >= 15 is 0 Å². The Morgan fingerprint density at radius 3 is 2.72 bits per heavy atom. The van der Waals surface area contributed by atoms with Crippen LogP contribution >= 0.6 is 11.3 Å². The van der Waals surface area contributed by atoms with Gasteiger partial charge in [0.1, 0.15) is 5.78 Å². The van der Waals surface area contributed by atoms with Gasteiger partial charge in [0.15, 0.2) is 0 Å². The maximum atomic E-state index is 12.9. The lowest BCUT2D eigenvalue weighted by Gasteiger charge is -2.22. The molecule has 5 nitrogen and oxygen atoms in total. The molecule has 4 atom stereocenters. The van der Waals surface area contributed by atoms with Crippen molar-refractivity contribution in [2.24, 2.45) is 17.3 Å². The number of benzene rings is 1. The van der Waals surface area contributed by atoms with E-state index in [-0.39, 0.29) is 24.0 Å². The van der Waals surface area contributed by atoms with Gasteiger partial charge in [-0.2, -0.15) is 0 Å². The first-order chi connectivity index (χ1) is 15.2. The minimum atomic E-state index is -0.840. The van der Waals surface area contributed by atoms with E-state index < -0.39 is 23.6 Å². The van der Waals surface area contributed by atoms with Crippen LogP contribution in [-0.2, 0) is 16.0 Å². The molecule has 1 heterocycles. The van der Waals surface area contributed by atoms with E-state index in [9.17, 15) is 19.8 Å². The Bertz CT molecular complexity index is 970. The molecule has 0 spiro atoms. The van der Waals surface area contributed by atoms with Crippen molar-refractivity contribution in [1.29, 1.82) is 0 Å². The molecule has 0 radical (unpaired) electrons. The van der Waals surface area contributed by atoms with Gasteiger partial charge in [0.05, 0.1) is 17.6 Å². The number of carbonyl (C=O) groups excluding carboxylic acids is 1. The summed E-state index contributed by atoms with van der Waals surface area (Å²) in [5.41, 5.74) is -0.840. The molecule has 0 amide bonds. The topological polar surface area (TPSA) is 94.8 Å². The van der Waals surface area contributed by atoms with Crippen molar-refractivity contribution < 1.29 is 24.9 Å². The highest BCUT2D eigenvalue weighted by Crippen LogP contribution is 2.44. The fraction of sp³-hybridized carbons (Fsp3) is 0.462. The van der Waals surface area contributed by atoms with E-state index in [1.807, 2.05) is 24.3 Å². The largest absolute Gasteiger partial charge is 0.481 e. The number of carboxylic acids is 1. The van der Waals surface area contributed by atoms with Crippen molar-refractivity contribution in [3.8, 4) is 0 Å². The molecular formula is C26H32O5S. The molecule has 6 heteroatoms. The van der Waals surface area contributed by atoms with Crippen LogP contribution in [-0.4, -0.2) is 39.3 Å². The van der Waals surface area contributed by atoms with Gasteiger partial charge in [0.25, 0.3) is 0 Å². The van der Waals surface area contributed by atoms with Crippen LogP contribution in [0.4, 0.5) is 0 Å². The second-order valence-corrected chi connectivity index (χ2v) is 10.3. The van der Waals surface area contributed by atoms with Crippen LogP contribution in [0.3, 0.4) is 0 Å². The summed E-state index contributed by atoms with van der Waals surface area (Å²) in [6.07, 6.45) is 8.14. The average molecular weight is 457 g/mol. The average Bonchev–Trinajstić information content (AvgIpc) is 3.21. The molecule has 1 aromatic heterocycles. The zero-order valence-corrected chi connectivity index (χ0v) is 19.4. The van der Waals surface area contributed by atoms with E-state index in [0.29, 0.717) is 25.7 Å². The monoisotopic (exact) mass is 456 g/mol. The van der Waals surface area contributed by atoms with Gasteiger partial charge >= 0.3 is 5.97 Å². The maximum Gasteiger partial charge on any atom is 0.303 e. The van der Waals surface area contributed by atoms with Crippen molar-refractivity contribution in [3.05, 3.63) is 59.5 Å². The standard InChI is InChI=1S/C26H32O5S/c1-26(2)24(30)20(10-5-3-4-6-12-23(28)29)21(25(26)31)14-13-18(27)16-19-15-17-9-7-8-11-22(17)32-19/h3,5,7-9,11,13-15,18,20-21,25,27,31H,4,6,10,12,16H2,1-2H3,(H,28,29). The van der Waals surface area contributed by atoms with E-state index in [1.54, 1.807) is 37.3 Å². The Morgan fingerprint density at radius 2 is 2.00 bits per heavy atom. The smallest absolute Gasteiger partial charge is 0.303 e. The van der Waals surface area contributed by atoms with Crippen molar-refractivity contribution >= 4 is 33.2 Å². The van der Waals surface area contributed by atoms with Crippen LogP contribution in [0.25, 0.3) is 10.1 Å². The minimum absolute atomic E-state index is 0.0221. The first-order valence-corrected chi connectivity index (χ1v) is 11.9. The Hall–Kier alpha value is -2.28. The predicted octanol–water partition coefficient (Wildman–Crippen LogP) is 4.76. The van der Waals surface area contributed by atoms with Crippen LogP contribution in [0.5, 0.6) is 0 Å². The number of carboxylic acid groups (broad SMARTS) is 1. The number of thiophene rings is 1. The molecule has 1 fully saturated rings. The third-order valence-corrected chi connectivity index (χ3v) is 7.44. The number of aliphatic hydroxyl groups excluding tert-OH is 2. The Morgan fingerprint density at radius 1 is 1.25 bits per heavy atom. The van der Waals surface area contributed by atoms with Gasteiger partial charge in [-0.25, -0.2) is 0 Å². The number of carbonyl (C=O) groups is 2. The summed E-state index contributed by atoms with van der Waals surface area (Å²) in [6, 6.07) is 10.2. The highest BCUT2D eigenvalue weighted by molar-refractivity contribution is 7.19. The predicted molar refractivity (Wildman–Crippen MR) is 128 cm³/mol. The molecule has 4 unspecified atom stereocenters. The normalized spacial score (nSPS) is 24.1. The molecule has 3 N–H and O–H groups in total. The first kappa shape index (κ1) is 24.4. The molecule has 1 aromatic carbocycles. The summed E-state index contributed by atoms with van der Waals surface area (Å²) >= 11 is 1.66. The SMILES string of the molecule is CC1(C)C(=O)C(CC=CCCCC(=O)O)C(C=CC(O)Cc2cc3ccccc3s2)C1O. The molecule has 0 saturated heterocycles. The highest BCUT2D eigenvalue weighted by Gasteiger charge is 2.52. The summed E-state index contributed by atoms with van der Waals surface area (Å²) < 4.78 is 1.19. The zero-order chi connectivity index (χ0) is 23.3. The second-order valence-electron chi connectivity index (χ2n) is 9.11. The van der Waals surface area contributed by atoms with Gasteiger partial charge in [-0.1, -0.05) is 56.4 Å². The number of Topliss-reactive ketones (excluding diaryl/α,β-unsaturated/α-hetero) is 1. The van der Waals surface area contributed by atoms with Crippen LogP contribution in [0.1, 0.15) is 44.4 Å². The van der Waals surface area contributed by atoms with Gasteiger partial charge in [-0.3, -0.25) is 9.59 Å². The molecule has 1 aliphatic carbocycles. The number of hydrogen-bond acceptors (Lipinski definition) is 5. The van der Waals surface area contributed by atoms with Crippen molar-refractivity contribution in [2.75, 3.05) is 0 Å². The van der Waals surface area contributed by atoms with Gasteiger partial charge in [0, 0.05) is 34.3 Å². The van der Waals surface area contributed by atoms with E-state index in [4.69, 9.17) is 5.11 Å². The van der Waals surface area contributed by atoms with Gasteiger partial charge in [-0.05, 0) is 36.8 Å².